The molecule has 0 spiro atoms. The largest absolute Gasteiger partial charge is 0.378 e. The Morgan fingerprint density at radius 3 is 2.64 bits per heavy atom. The summed E-state index contributed by atoms with van der Waals surface area (Å²) >= 11 is 6.55. The van der Waals surface area contributed by atoms with Gasteiger partial charge in [0.2, 0.25) is 0 Å². The monoisotopic (exact) mass is 466 g/mol. The highest BCUT2D eigenvalue weighted by Crippen LogP contribution is 2.34. The molecule has 170 valence electrons. The van der Waals surface area contributed by atoms with E-state index in [0.29, 0.717) is 48.9 Å². The van der Waals surface area contributed by atoms with Crippen molar-refractivity contribution in [2.24, 2.45) is 0 Å². The molecule has 10 heteroatoms. The molecule has 9 nitrogen and oxygen atoms in total. The van der Waals surface area contributed by atoms with E-state index in [1.54, 1.807) is 49.9 Å². The lowest BCUT2D eigenvalue weighted by molar-refractivity contribution is 0.0937. The quantitative estimate of drug-likeness (QED) is 0.479. The number of hydrazine groups is 1. The van der Waals surface area contributed by atoms with Gasteiger partial charge in [0.1, 0.15) is 5.82 Å². The smallest absolute Gasteiger partial charge is 0.266 e. The Morgan fingerprint density at radius 2 is 1.91 bits per heavy atom. The number of carbonyl (C=O) groups is 2. The third kappa shape index (κ3) is 5.28. The van der Waals surface area contributed by atoms with Crippen molar-refractivity contribution < 1.29 is 14.3 Å². The maximum Gasteiger partial charge on any atom is 0.266 e. The average Bonchev–Trinajstić information content (AvgIpc) is 2.86. The second-order valence-corrected chi connectivity index (χ2v) is 7.67. The molecule has 4 rings (SSSR count). The van der Waals surface area contributed by atoms with Gasteiger partial charge in [0.25, 0.3) is 11.8 Å². The molecule has 2 amide bonds. The molecule has 0 bridgehead atoms. The molecule has 3 aromatic rings. The predicted octanol–water partition coefficient (Wildman–Crippen LogP) is 2.75. The highest BCUT2D eigenvalue weighted by Gasteiger charge is 2.19. The van der Waals surface area contributed by atoms with Gasteiger partial charge in [-0.15, -0.1) is 0 Å². The highest BCUT2D eigenvalue weighted by molar-refractivity contribution is 6.36. The summed E-state index contributed by atoms with van der Waals surface area (Å²) in [6.45, 7) is 2.68. The van der Waals surface area contributed by atoms with Gasteiger partial charge >= 0.3 is 0 Å². The fourth-order valence-electron chi connectivity index (χ4n) is 3.50. The van der Waals surface area contributed by atoms with Gasteiger partial charge in [0.15, 0.2) is 0 Å². The minimum absolute atomic E-state index is 0.214. The van der Waals surface area contributed by atoms with Gasteiger partial charge in [0, 0.05) is 61.1 Å². The van der Waals surface area contributed by atoms with Crippen LogP contribution < -0.4 is 21.1 Å². The summed E-state index contributed by atoms with van der Waals surface area (Å²) in [5, 5.41) is 3.13. The molecule has 1 aliphatic rings. The molecule has 0 saturated carbocycles. The van der Waals surface area contributed by atoms with Crippen LogP contribution in [0.2, 0.25) is 5.02 Å². The first kappa shape index (κ1) is 22.7. The number of pyridine rings is 2. The zero-order valence-corrected chi connectivity index (χ0v) is 18.7. The number of rotatable bonds is 6. The number of nitrogens with zero attached hydrogens (tertiary/aromatic N) is 3. The number of hydrogen-bond donors (Lipinski definition) is 3. The van der Waals surface area contributed by atoms with Crippen molar-refractivity contribution in [3.63, 3.8) is 0 Å². The number of nitrogens with one attached hydrogen (secondary N) is 3. The van der Waals surface area contributed by atoms with Crippen LogP contribution in [0.5, 0.6) is 0 Å². The number of amides is 2. The van der Waals surface area contributed by atoms with Crippen LogP contribution in [0.4, 0.5) is 11.5 Å². The number of halogens is 1. The van der Waals surface area contributed by atoms with Crippen molar-refractivity contribution in [2.75, 3.05) is 43.6 Å². The number of anilines is 2. The minimum Gasteiger partial charge on any atom is -0.378 e. The number of benzene rings is 1. The Labute approximate surface area is 196 Å². The summed E-state index contributed by atoms with van der Waals surface area (Å²) in [6.07, 6.45) is 4.89. The summed E-state index contributed by atoms with van der Waals surface area (Å²) < 4.78 is 5.38. The van der Waals surface area contributed by atoms with Crippen molar-refractivity contribution in [1.29, 1.82) is 0 Å². The fourth-order valence-corrected chi connectivity index (χ4v) is 3.81. The van der Waals surface area contributed by atoms with Gasteiger partial charge in [0.05, 0.1) is 23.8 Å². The van der Waals surface area contributed by atoms with Crippen LogP contribution in [0.3, 0.4) is 0 Å². The van der Waals surface area contributed by atoms with Crippen molar-refractivity contribution in [2.45, 2.75) is 0 Å². The third-order valence-electron chi connectivity index (χ3n) is 5.13. The molecule has 1 aromatic carbocycles. The van der Waals surface area contributed by atoms with Crippen LogP contribution in [0, 0.1) is 0 Å². The van der Waals surface area contributed by atoms with Gasteiger partial charge in [-0.3, -0.25) is 20.0 Å². The number of hydrogen-bond acceptors (Lipinski definition) is 7. The van der Waals surface area contributed by atoms with E-state index in [2.05, 4.69) is 31.0 Å². The van der Waals surface area contributed by atoms with Crippen molar-refractivity contribution in [1.82, 2.24) is 20.8 Å². The van der Waals surface area contributed by atoms with E-state index in [0.717, 1.165) is 5.56 Å². The van der Waals surface area contributed by atoms with Crippen LogP contribution in [0.25, 0.3) is 11.1 Å². The lowest BCUT2D eigenvalue weighted by Crippen LogP contribution is -2.36. The Kier molecular flexibility index (Phi) is 7.13. The summed E-state index contributed by atoms with van der Waals surface area (Å²) in [5.41, 5.74) is 7.49. The fraction of sp³-hybridized carbons (Fsp3) is 0.217. The molecule has 0 unspecified atom stereocenters. The van der Waals surface area contributed by atoms with E-state index in [4.69, 9.17) is 16.3 Å². The first-order chi connectivity index (χ1) is 16.1. The first-order valence-corrected chi connectivity index (χ1v) is 10.8. The molecule has 3 heterocycles. The highest BCUT2D eigenvalue weighted by atomic mass is 35.5. The molecule has 0 radical (unpaired) electrons. The number of morpholine rings is 1. The van der Waals surface area contributed by atoms with Crippen LogP contribution in [0.1, 0.15) is 20.7 Å². The van der Waals surface area contributed by atoms with E-state index in [1.165, 1.54) is 6.07 Å². The van der Waals surface area contributed by atoms with E-state index >= 15 is 0 Å². The summed E-state index contributed by atoms with van der Waals surface area (Å²) in [4.78, 5) is 36.2. The van der Waals surface area contributed by atoms with Crippen molar-refractivity contribution in [3.05, 3.63) is 71.1 Å². The van der Waals surface area contributed by atoms with E-state index in [9.17, 15) is 9.59 Å². The first-order valence-electron chi connectivity index (χ1n) is 10.4. The lowest BCUT2D eigenvalue weighted by Gasteiger charge is -2.27. The topological polar surface area (TPSA) is 108 Å². The van der Waals surface area contributed by atoms with Gasteiger partial charge in [-0.05, 0) is 30.3 Å². The van der Waals surface area contributed by atoms with E-state index in [-0.39, 0.29) is 16.5 Å². The van der Waals surface area contributed by atoms with Gasteiger partial charge in [-0.2, -0.15) is 0 Å². The zero-order chi connectivity index (χ0) is 23.2. The summed E-state index contributed by atoms with van der Waals surface area (Å²) in [5.74, 6) is -0.0409. The van der Waals surface area contributed by atoms with Crippen molar-refractivity contribution in [3.8, 4) is 11.1 Å². The molecule has 0 atom stereocenters. The average molecular weight is 467 g/mol. The Hall–Kier alpha value is -3.53. The molecule has 2 aromatic heterocycles. The minimum atomic E-state index is -0.428. The maximum absolute atomic E-state index is 13.0. The van der Waals surface area contributed by atoms with Gasteiger partial charge < -0.3 is 15.0 Å². The van der Waals surface area contributed by atoms with Crippen LogP contribution in [-0.4, -0.2) is 55.1 Å². The summed E-state index contributed by atoms with van der Waals surface area (Å²) in [6, 6.07) is 10.2. The molecule has 3 N–H and O–H groups in total. The van der Waals surface area contributed by atoms with Gasteiger partial charge in [-0.25, -0.2) is 10.4 Å². The van der Waals surface area contributed by atoms with Crippen LogP contribution in [0.15, 0.2) is 55.0 Å². The maximum atomic E-state index is 13.0. The molecule has 1 aliphatic heterocycles. The zero-order valence-electron chi connectivity index (χ0n) is 18.0. The molecule has 33 heavy (non-hydrogen) atoms. The molecule has 0 aliphatic carbocycles. The molecule has 1 fully saturated rings. The second-order valence-electron chi connectivity index (χ2n) is 7.29. The third-order valence-corrected chi connectivity index (χ3v) is 5.54. The molecule has 1 saturated heterocycles. The van der Waals surface area contributed by atoms with E-state index < -0.39 is 5.91 Å². The van der Waals surface area contributed by atoms with Crippen LogP contribution in [-0.2, 0) is 4.74 Å². The SMILES string of the molecule is CNNC(=O)c1cc(NC(=O)c2ccnc(N3CCOCC3)c2)cc(-c2cccnc2)c1Cl. The number of ether oxygens (including phenoxy) is 1. The molecular weight excluding hydrogens is 444 g/mol. The van der Waals surface area contributed by atoms with Gasteiger partial charge in [-0.1, -0.05) is 17.7 Å². The second kappa shape index (κ2) is 10.4. The normalized spacial score (nSPS) is 13.5. The number of aromatic nitrogens is 2. The standard InChI is InChI=1S/C23H23ClN6O3/c1-25-29-23(32)19-13-17(12-18(21(19)24)16-3-2-5-26-14-16)28-22(31)15-4-6-27-20(11-15)30-7-9-33-10-8-30/h2-6,11-14,25H,7-10H2,1H3,(H,28,31)(H,29,32). The Balaban J connectivity index is 1.65. The Morgan fingerprint density at radius 1 is 1.09 bits per heavy atom. The van der Waals surface area contributed by atoms with E-state index in [1.807, 2.05) is 6.07 Å². The predicted molar refractivity (Wildman–Crippen MR) is 126 cm³/mol. The van der Waals surface area contributed by atoms with Crippen molar-refractivity contribution >= 4 is 34.9 Å². The number of carbonyl (C=O) groups excluding carboxylic acids is 2. The lowest BCUT2D eigenvalue weighted by atomic mass is 10.0. The Bertz CT molecular complexity index is 1150. The van der Waals surface area contributed by atoms with Crippen LogP contribution >= 0.6 is 11.6 Å². The summed E-state index contributed by atoms with van der Waals surface area (Å²) in [7, 11) is 1.58. The molecular formula is C23H23ClN6O3.